The minimum atomic E-state index is -2.60. The Morgan fingerprint density at radius 2 is 1.53 bits per heavy atom. The van der Waals surface area contributed by atoms with E-state index in [1.807, 2.05) is 20.8 Å². The molecule has 0 aromatic heterocycles. The van der Waals surface area contributed by atoms with E-state index in [4.69, 9.17) is 18.8 Å². The molecule has 0 amide bonds. The third-order valence-electron chi connectivity index (χ3n) is 1.67. The molecule has 0 atom stereocenters. The molecule has 0 aliphatic rings. The number of hydrogen-bond acceptors (Lipinski definition) is 4. The average molecular weight is 233 g/mol. The van der Waals surface area contributed by atoms with Crippen molar-refractivity contribution < 1.29 is 13.3 Å². The molecule has 0 aliphatic heterocycles. The van der Waals surface area contributed by atoms with Crippen molar-refractivity contribution in [3.63, 3.8) is 0 Å². The first-order valence-electron chi connectivity index (χ1n) is 5.17. The standard InChI is InChI=1S/C8H19N3O3Si/c1-4-12-15(13-5-2,14-6-3)8-7-10-11-9/h4-8H2,1-3H3. The lowest BCUT2D eigenvalue weighted by Gasteiger charge is -2.27. The van der Waals surface area contributed by atoms with Crippen LogP contribution < -0.4 is 0 Å². The Kier molecular flexibility index (Phi) is 8.35. The van der Waals surface area contributed by atoms with Gasteiger partial charge in [-0.25, -0.2) is 0 Å². The Morgan fingerprint density at radius 3 is 1.87 bits per heavy atom. The summed E-state index contributed by atoms with van der Waals surface area (Å²) in [7, 11) is -2.60. The topological polar surface area (TPSA) is 76.5 Å². The largest absolute Gasteiger partial charge is 0.501 e. The summed E-state index contributed by atoms with van der Waals surface area (Å²) in [5, 5.41) is 3.48. The molecule has 0 radical (unpaired) electrons. The van der Waals surface area contributed by atoms with Crippen molar-refractivity contribution >= 4 is 8.80 Å². The van der Waals surface area contributed by atoms with Crippen LogP contribution in [-0.4, -0.2) is 35.2 Å². The van der Waals surface area contributed by atoms with Crippen molar-refractivity contribution in [3.05, 3.63) is 10.4 Å². The van der Waals surface area contributed by atoms with E-state index in [-0.39, 0.29) is 0 Å². The van der Waals surface area contributed by atoms with E-state index in [2.05, 4.69) is 10.0 Å². The van der Waals surface area contributed by atoms with Gasteiger partial charge in [-0.3, -0.25) is 0 Å². The van der Waals surface area contributed by atoms with Gasteiger partial charge in [-0.1, -0.05) is 5.11 Å². The van der Waals surface area contributed by atoms with Crippen LogP contribution in [-0.2, 0) is 13.3 Å². The van der Waals surface area contributed by atoms with Crippen molar-refractivity contribution in [2.45, 2.75) is 26.8 Å². The number of rotatable bonds is 9. The van der Waals surface area contributed by atoms with Crippen LogP contribution in [0.1, 0.15) is 20.8 Å². The zero-order chi connectivity index (χ0) is 11.6. The first-order valence-corrected chi connectivity index (χ1v) is 7.10. The predicted molar refractivity (Wildman–Crippen MR) is 59.5 cm³/mol. The highest BCUT2D eigenvalue weighted by Crippen LogP contribution is 2.15. The van der Waals surface area contributed by atoms with Gasteiger partial charge in [-0.2, -0.15) is 0 Å². The van der Waals surface area contributed by atoms with Gasteiger partial charge in [0.15, 0.2) is 0 Å². The van der Waals surface area contributed by atoms with Crippen molar-refractivity contribution in [2.24, 2.45) is 5.11 Å². The quantitative estimate of drug-likeness (QED) is 0.265. The highest BCUT2D eigenvalue weighted by molar-refractivity contribution is 6.60. The lowest BCUT2D eigenvalue weighted by molar-refractivity contribution is 0.0720. The molecule has 15 heavy (non-hydrogen) atoms. The lowest BCUT2D eigenvalue weighted by Crippen LogP contribution is -2.46. The molecule has 0 saturated carbocycles. The average Bonchev–Trinajstić information content (AvgIpc) is 2.19. The zero-order valence-corrected chi connectivity index (χ0v) is 10.6. The van der Waals surface area contributed by atoms with Gasteiger partial charge in [0.25, 0.3) is 0 Å². The summed E-state index contributed by atoms with van der Waals surface area (Å²) in [6.07, 6.45) is 0. The highest BCUT2D eigenvalue weighted by atomic mass is 28.4. The van der Waals surface area contributed by atoms with Crippen LogP contribution in [0.25, 0.3) is 10.4 Å². The fraction of sp³-hybridized carbons (Fsp3) is 1.00. The summed E-state index contributed by atoms with van der Waals surface area (Å²) >= 11 is 0. The molecule has 0 N–H and O–H groups in total. The number of nitrogens with zero attached hydrogens (tertiary/aromatic N) is 3. The van der Waals surface area contributed by atoms with Crippen LogP contribution in [0.15, 0.2) is 5.11 Å². The fourth-order valence-electron chi connectivity index (χ4n) is 1.23. The highest BCUT2D eigenvalue weighted by Gasteiger charge is 2.39. The van der Waals surface area contributed by atoms with E-state index in [0.29, 0.717) is 32.4 Å². The summed E-state index contributed by atoms with van der Waals surface area (Å²) < 4.78 is 16.7. The second-order valence-corrected chi connectivity index (χ2v) is 5.42. The monoisotopic (exact) mass is 233 g/mol. The van der Waals surface area contributed by atoms with Crippen LogP contribution in [0.3, 0.4) is 0 Å². The molecule has 0 saturated heterocycles. The van der Waals surface area contributed by atoms with Gasteiger partial charge < -0.3 is 13.3 Å². The molecule has 0 bridgehead atoms. The van der Waals surface area contributed by atoms with Crippen LogP contribution in [0.4, 0.5) is 0 Å². The van der Waals surface area contributed by atoms with Crippen molar-refractivity contribution in [2.75, 3.05) is 26.4 Å². The van der Waals surface area contributed by atoms with E-state index >= 15 is 0 Å². The van der Waals surface area contributed by atoms with Gasteiger partial charge in [-0.05, 0) is 26.3 Å². The number of azide groups is 1. The minimum Gasteiger partial charge on any atom is -0.374 e. The van der Waals surface area contributed by atoms with Crippen LogP contribution in [0, 0.1) is 0 Å². The Morgan fingerprint density at radius 1 is 1.07 bits per heavy atom. The van der Waals surface area contributed by atoms with Gasteiger partial charge in [0.1, 0.15) is 0 Å². The van der Waals surface area contributed by atoms with Crippen molar-refractivity contribution in [3.8, 4) is 0 Å². The van der Waals surface area contributed by atoms with Gasteiger partial charge in [0, 0.05) is 37.3 Å². The molecule has 0 aliphatic carbocycles. The van der Waals surface area contributed by atoms with E-state index in [1.54, 1.807) is 0 Å². The Labute approximate surface area is 91.5 Å². The second-order valence-electron chi connectivity index (χ2n) is 2.69. The molecule has 0 aromatic carbocycles. The van der Waals surface area contributed by atoms with Gasteiger partial charge in [-0.15, -0.1) is 0 Å². The summed E-state index contributed by atoms with van der Waals surface area (Å²) in [5.41, 5.74) is 8.20. The summed E-state index contributed by atoms with van der Waals surface area (Å²) in [5.74, 6) is 0. The molecule has 0 aromatic rings. The fourth-order valence-corrected chi connectivity index (χ4v) is 3.61. The molecule has 0 heterocycles. The molecule has 0 unspecified atom stereocenters. The maximum absolute atomic E-state index is 8.20. The van der Waals surface area contributed by atoms with Gasteiger partial charge >= 0.3 is 8.80 Å². The summed E-state index contributed by atoms with van der Waals surface area (Å²) in [4.78, 5) is 2.70. The SMILES string of the molecule is CCO[Si](CCN=[N+]=[N-])(OCC)OCC. The molecule has 0 rings (SSSR count). The zero-order valence-electron chi connectivity index (χ0n) is 9.60. The normalized spacial score (nSPS) is 11.1. The number of hydrogen-bond donors (Lipinski definition) is 0. The third kappa shape index (κ3) is 5.76. The smallest absolute Gasteiger partial charge is 0.374 e. The van der Waals surface area contributed by atoms with Gasteiger partial charge in [0.2, 0.25) is 0 Å². The first kappa shape index (κ1) is 14.4. The van der Waals surface area contributed by atoms with Crippen LogP contribution >= 0.6 is 0 Å². The van der Waals surface area contributed by atoms with Gasteiger partial charge in [0.05, 0.1) is 0 Å². The van der Waals surface area contributed by atoms with Crippen LogP contribution in [0.5, 0.6) is 0 Å². The van der Waals surface area contributed by atoms with Crippen LogP contribution in [0.2, 0.25) is 6.04 Å². The van der Waals surface area contributed by atoms with Crippen molar-refractivity contribution in [1.82, 2.24) is 0 Å². The van der Waals surface area contributed by atoms with E-state index in [0.717, 1.165) is 0 Å². The Hall–Kier alpha value is -0.593. The van der Waals surface area contributed by atoms with E-state index in [9.17, 15) is 0 Å². The molecule has 88 valence electrons. The molecule has 0 fully saturated rings. The first-order chi connectivity index (χ1) is 7.24. The minimum absolute atomic E-state index is 0.350. The molecule has 7 heteroatoms. The summed E-state index contributed by atoms with van der Waals surface area (Å²) in [6, 6.07) is 0.534. The maximum atomic E-state index is 8.20. The Bertz CT molecular complexity index is 192. The Balaban J connectivity index is 4.36. The maximum Gasteiger partial charge on any atom is 0.501 e. The molecule has 0 spiro atoms. The lowest BCUT2D eigenvalue weighted by atomic mass is 10.8. The molecule has 6 nitrogen and oxygen atoms in total. The predicted octanol–water partition coefficient (Wildman–Crippen LogP) is 2.35. The third-order valence-corrected chi connectivity index (χ3v) is 4.70. The van der Waals surface area contributed by atoms with Crippen molar-refractivity contribution in [1.29, 1.82) is 0 Å². The summed E-state index contributed by atoms with van der Waals surface area (Å²) in [6.45, 7) is 7.67. The molecular formula is C8H19N3O3Si. The second kappa shape index (κ2) is 8.69. The van der Waals surface area contributed by atoms with E-state index < -0.39 is 8.80 Å². The van der Waals surface area contributed by atoms with E-state index in [1.165, 1.54) is 0 Å². The molecular weight excluding hydrogens is 214 g/mol.